The van der Waals surface area contributed by atoms with E-state index >= 15 is 0 Å². The Balaban J connectivity index is 2.16. The molecule has 0 radical (unpaired) electrons. The highest BCUT2D eigenvalue weighted by atomic mass is 79.9. The Labute approximate surface area is 146 Å². The monoisotopic (exact) mass is 431 g/mol. The molecule has 2 rings (SSSR count). The lowest BCUT2D eigenvalue weighted by atomic mass is 10.0. The van der Waals surface area contributed by atoms with Crippen molar-refractivity contribution in [3.05, 3.63) is 55.9 Å². The van der Waals surface area contributed by atoms with E-state index in [1.54, 1.807) is 0 Å². The van der Waals surface area contributed by atoms with Crippen molar-refractivity contribution in [3.8, 4) is 11.5 Å². The van der Waals surface area contributed by atoms with Crippen molar-refractivity contribution in [2.75, 3.05) is 0 Å². The van der Waals surface area contributed by atoms with Crippen molar-refractivity contribution in [3.63, 3.8) is 0 Å². The van der Waals surface area contributed by atoms with Gasteiger partial charge in [0, 0.05) is 15.5 Å². The molecule has 1 atom stereocenters. The summed E-state index contributed by atoms with van der Waals surface area (Å²) in [5, 5.41) is 0.685. The van der Waals surface area contributed by atoms with Gasteiger partial charge in [-0.25, -0.2) is 0 Å². The van der Waals surface area contributed by atoms with Crippen molar-refractivity contribution >= 4 is 43.5 Å². The van der Waals surface area contributed by atoms with Crippen molar-refractivity contribution in [2.24, 2.45) is 5.73 Å². The minimum Gasteiger partial charge on any atom is -0.456 e. The van der Waals surface area contributed by atoms with Crippen molar-refractivity contribution in [1.82, 2.24) is 0 Å². The summed E-state index contributed by atoms with van der Waals surface area (Å²) in [6, 6.07) is 11.6. The number of halogens is 3. The van der Waals surface area contributed by atoms with Crippen LogP contribution in [0.25, 0.3) is 0 Å². The van der Waals surface area contributed by atoms with E-state index in [0.717, 1.165) is 33.1 Å². The quantitative estimate of drug-likeness (QED) is 0.634. The molecule has 0 heterocycles. The highest BCUT2D eigenvalue weighted by Crippen LogP contribution is 2.33. The molecule has 112 valence electrons. The van der Waals surface area contributed by atoms with Crippen LogP contribution in [0.15, 0.2) is 45.3 Å². The van der Waals surface area contributed by atoms with E-state index in [4.69, 9.17) is 22.1 Å². The second kappa shape index (κ2) is 7.63. The summed E-state index contributed by atoms with van der Waals surface area (Å²) in [4.78, 5) is 0. The predicted molar refractivity (Wildman–Crippen MR) is 95.3 cm³/mol. The largest absolute Gasteiger partial charge is 0.456 e. The van der Waals surface area contributed by atoms with Crippen molar-refractivity contribution < 1.29 is 4.74 Å². The molecule has 2 aromatic rings. The first-order chi connectivity index (χ1) is 9.99. The summed E-state index contributed by atoms with van der Waals surface area (Å²) in [6.07, 6.45) is 1.71. The standard InChI is InChI=1S/C16H16Br2ClNO/c1-2-12(20)7-10-3-5-13(9-15(10)19)21-16-6-4-11(17)8-14(16)18/h3-6,8-9,12H,2,7,20H2,1H3. The molecule has 0 amide bonds. The Morgan fingerprint density at radius 2 is 1.95 bits per heavy atom. The van der Waals surface area contributed by atoms with Gasteiger partial charge in [-0.3, -0.25) is 0 Å². The maximum absolute atomic E-state index is 6.31. The van der Waals surface area contributed by atoms with E-state index in [1.807, 2.05) is 36.4 Å². The summed E-state index contributed by atoms with van der Waals surface area (Å²) in [7, 11) is 0. The maximum Gasteiger partial charge on any atom is 0.141 e. The van der Waals surface area contributed by atoms with Gasteiger partial charge in [-0.1, -0.05) is 40.5 Å². The number of ether oxygens (including phenoxy) is 1. The average Bonchev–Trinajstić information content (AvgIpc) is 2.44. The van der Waals surface area contributed by atoms with E-state index in [1.165, 1.54) is 0 Å². The number of rotatable bonds is 5. The molecular formula is C16H16Br2ClNO. The summed E-state index contributed by atoms with van der Waals surface area (Å²) < 4.78 is 7.72. The van der Waals surface area contributed by atoms with Crippen LogP contribution < -0.4 is 10.5 Å². The van der Waals surface area contributed by atoms with E-state index < -0.39 is 0 Å². The lowest BCUT2D eigenvalue weighted by Gasteiger charge is -2.12. The van der Waals surface area contributed by atoms with Gasteiger partial charge in [0.05, 0.1) is 4.47 Å². The fourth-order valence-electron chi connectivity index (χ4n) is 1.87. The van der Waals surface area contributed by atoms with Gasteiger partial charge in [0.25, 0.3) is 0 Å². The molecule has 0 aliphatic rings. The zero-order chi connectivity index (χ0) is 15.4. The van der Waals surface area contributed by atoms with Gasteiger partial charge in [0.2, 0.25) is 0 Å². The number of hydrogen-bond acceptors (Lipinski definition) is 2. The predicted octanol–water partition coefficient (Wildman–Crippen LogP) is 5.94. The van der Waals surface area contributed by atoms with Crippen molar-refractivity contribution in [2.45, 2.75) is 25.8 Å². The lowest BCUT2D eigenvalue weighted by molar-refractivity contribution is 0.479. The fourth-order valence-corrected chi connectivity index (χ4v) is 3.24. The number of nitrogens with two attached hydrogens (primary N) is 1. The maximum atomic E-state index is 6.31. The Morgan fingerprint density at radius 3 is 2.57 bits per heavy atom. The molecule has 0 fully saturated rings. The van der Waals surface area contributed by atoms with Gasteiger partial charge < -0.3 is 10.5 Å². The molecule has 2 aromatic carbocycles. The van der Waals surface area contributed by atoms with Crippen LogP contribution in [-0.4, -0.2) is 6.04 Å². The van der Waals surface area contributed by atoms with E-state index in [2.05, 4.69) is 38.8 Å². The van der Waals surface area contributed by atoms with Crippen LogP contribution >= 0.6 is 43.5 Å². The molecule has 0 saturated carbocycles. The normalized spacial score (nSPS) is 12.2. The third-order valence-corrected chi connectivity index (χ3v) is 4.62. The topological polar surface area (TPSA) is 35.2 Å². The third-order valence-electron chi connectivity index (χ3n) is 3.15. The molecular weight excluding hydrogens is 417 g/mol. The molecule has 2 N–H and O–H groups in total. The Bertz CT molecular complexity index is 634. The Morgan fingerprint density at radius 1 is 1.19 bits per heavy atom. The summed E-state index contributed by atoms with van der Waals surface area (Å²) >= 11 is 13.2. The van der Waals surface area contributed by atoms with Gasteiger partial charge in [0.15, 0.2) is 0 Å². The third kappa shape index (κ3) is 4.71. The molecule has 0 aromatic heterocycles. The smallest absolute Gasteiger partial charge is 0.141 e. The first-order valence-corrected chi connectivity index (χ1v) is 8.63. The number of hydrogen-bond donors (Lipinski definition) is 1. The van der Waals surface area contributed by atoms with Gasteiger partial charge in [-0.2, -0.15) is 0 Å². The van der Waals surface area contributed by atoms with Gasteiger partial charge in [-0.15, -0.1) is 0 Å². The average molecular weight is 434 g/mol. The summed E-state index contributed by atoms with van der Waals surface area (Å²) in [5.41, 5.74) is 7.02. The molecule has 0 bridgehead atoms. The van der Waals surface area contributed by atoms with Gasteiger partial charge in [-0.05, 0) is 64.7 Å². The zero-order valence-corrected chi connectivity index (χ0v) is 15.5. The SMILES string of the molecule is CCC(N)Cc1ccc(Oc2ccc(Br)cc2Br)cc1Cl. The van der Waals surface area contributed by atoms with Crippen LogP contribution in [0.2, 0.25) is 5.02 Å². The van der Waals surface area contributed by atoms with Crippen molar-refractivity contribution in [1.29, 1.82) is 0 Å². The van der Waals surface area contributed by atoms with Crippen LogP contribution in [0, 0.1) is 0 Å². The fraction of sp³-hybridized carbons (Fsp3) is 0.250. The van der Waals surface area contributed by atoms with Crippen LogP contribution in [0.4, 0.5) is 0 Å². The second-order valence-corrected chi connectivity index (χ2v) is 6.98. The Hall–Kier alpha value is -0.550. The molecule has 21 heavy (non-hydrogen) atoms. The summed E-state index contributed by atoms with van der Waals surface area (Å²) in [6.45, 7) is 2.07. The molecule has 0 aliphatic heterocycles. The van der Waals surface area contributed by atoms with E-state index in [-0.39, 0.29) is 6.04 Å². The van der Waals surface area contributed by atoms with Crippen LogP contribution in [0.1, 0.15) is 18.9 Å². The molecule has 1 unspecified atom stereocenters. The van der Waals surface area contributed by atoms with Gasteiger partial charge in [0.1, 0.15) is 11.5 Å². The Kier molecular flexibility index (Phi) is 6.11. The highest BCUT2D eigenvalue weighted by molar-refractivity contribution is 9.11. The van der Waals surface area contributed by atoms with Gasteiger partial charge >= 0.3 is 0 Å². The molecule has 0 aliphatic carbocycles. The van der Waals surface area contributed by atoms with E-state index in [0.29, 0.717) is 10.8 Å². The van der Waals surface area contributed by atoms with E-state index in [9.17, 15) is 0 Å². The second-order valence-electron chi connectivity index (χ2n) is 4.80. The molecule has 2 nitrogen and oxygen atoms in total. The lowest BCUT2D eigenvalue weighted by Crippen LogP contribution is -2.21. The number of benzene rings is 2. The zero-order valence-electron chi connectivity index (χ0n) is 11.6. The molecule has 0 spiro atoms. The first-order valence-electron chi connectivity index (χ1n) is 6.66. The van der Waals surface area contributed by atoms with Crippen LogP contribution in [0.5, 0.6) is 11.5 Å². The minimum absolute atomic E-state index is 0.134. The first kappa shape index (κ1) is 16.8. The van der Waals surface area contributed by atoms with Crippen LogP contribution in [0.3, 0.4) is 0 Å². The molecule has 0 saturated heterocycles. The highest BCUT2D eigenvalue weighted by Gasteiger charge is 2.09. The minimum atomic E-state index is 0.134. The molecule has 5 heteroatoms. The summed E-state index contributed by atoms with van der Waals surface area (Å²) in [5.74, 6) is 1.45. The van der Waals surface area contributed by atoms with Crippen LogP contribution in [-0.2, 0) is 6.42 Å².